The van der Waals surface area contributed by atoms with Crippen molar-refractivity contribution in [3.05, 3.63) is 52.5 Å². The smallest absolute Gasteiger partial charge is 0.263 e. The van der Waals surface area contributed by atoms with Crippen molar-refractivity contribution < 1.29 is 19.1 Å². The number of para-hydroxylation sites is 2. The number of amides is 3. The zero-order valence-corrected chi connectivity index (χ0v) is 17.1. The van der Waals surface area contributed by atoms with Crippen molar-refractivity contribution in [1.82, 2.24) is 5.32 Å². The van der Waals surface area contributed by atoms with E-state index >= 15 is 0 Å². The molecule has 2 N–H and O–H groups in total. The Morgan fingerprint density at radius 2 is 1.96 bits per heavy atom. The molecule has 2 aromatic carbocycles. The average Bonchev–Trinajstić information content (AvgIpc) is 2.67. The predicted octanol–water partition coefficient (Wildman–Crippen LogP) is 2.63. The number of halogens is 1. The number of rotatable bonds is 4. The number of anilines is 2. The van der Waals surface area contributed by atoms with Crippen LogP contribution in [-0.2, 0) is 14.4 Å². The normalized spacial score (nSPS) is 15.2. The van der Waals surface area contributed by atoms with E-state index in [0.29, 0.717) is 17.1 Å². The molecule has 0 fully saturated rings. The minimum absolute atomic E-state index is 0.0889. The SMILES string of the molecule is CC(=O)N1C[C@@H](C(=O)NCC(=O)Nc2ccc(Br)cc2C)Oc2ccccc21. The van der Waals surface area contributed by atoms with Gasteiger partial charge in [0.1, 0.15) is 5.75 Å². The van der Waals surface area contributed by atoms with Crippen molar-refractivity contribution in [2.24, 2.45) is 0 Å². The summed E-state index contributed by atoms with van der Waals surface area (Å²) in [5, 5.41) is 5.33. The van der Waals surface area contributed by atoms with Gasteiger partial charge in [0.2, 0.25) is 11.8 Å². The van der Waals surface area contributed by atoms with Crippen LogP contribution >= 0.6 is 15.9 Å². The summed E-state index contributed by atoms with van der Waals surface area (Å²) in [6, 6.07) is 12.5. The van der Waals surface area contributed by atoms with Crippen molar-refractivity contribution >= 4 is 45.0 Å². The van der Waals surface area contributed by atoms with Gasteiger partial charge in [-0.2, -0.15) is 0 Å². The molecule has 1 heterocycles. The highest BCUT2D eigenvalue weighted by Gasteiger charge is 2.32. The number of ether oxygens (including phenoxy) is 1. The quantitative estimate of drug-likeness (QED) is 0.756. The molecule has 0 aliphatic carbocycles. The first-order valence-corrected chi connectivity index (χ1v) is 9.52. The minimum Gasteiger partial charge on any atom is -0.477 e. The lowest BCUT2D eigenvalue weighted by molar-refractivity contribution is -0.130. The zero-order valence-electron chi connectivity index (χ0n) is 15.5. The third-order valence-corrected chi connectivity index (χ3v) is 4.83. The number of nitrogens with zero attached hydrogens (tertiary/aromatic N) is 1. The van der Waals surface area contributed by atoms with E-state index in [-0.39, 0.29) is 24.9 Å². The van der Waals surface area contributed by atoms with Crippen molar-refractivity contribution in [3.63, 3.8) is 0 Å². The molecule has 2 aromatic rings. The van der Waals surface area contributed by atoms with E-state index in [1.165, 1.54) is 11.8 Å². The van der Waals surface area contributed by atoms with E-state index in [9.17, 15) is 14.4 Å². The number of carbonyl (C=O) groups excluding carboxylic acids is 3. The van der Waals surface area contributed by atoms with Crippen molar-refractivity contribution in [2.75, 3.05) is 23.3 Å². The van der Waals surface area contributed by atoms with Gasteiger partial charge >= 0.3 is 0 Å². The second-order valence-electron chi connectivity index (χ2n) is 6.43. The zero-order chi connectivity index (χ0) is 20.3. The van der Waals surface area contributed by atoms with E-state index < -0.39 is 12.0 Å². The average molecular weight is 446 g/mol. The summed E-state index contributed by atoms with van der Waals surface area (Å²) in [5.74, 6) is -0.530. The maximum absolute atomic E-state index is 12.5. The molecule has 146 valence electrons. The Hall–Kier alpha value is -2.87. The van der Waals surface area contributed by atoms with Crippen LogP contribution in [0.2, 0.25) is 0 Å². The molecule has 0 saturated carbocycles. The Labute approximate surface area is 171 Å². The Balaban J connectivity index is 1.60. The second-order valence-corrected chi connectivity index (χ2v) is 7.34. The van der Waals surface area contributed by atoms with Gasteiger partial charge in [0.05, 0.1) is 18.8 Å². The van der Waals surface area contributed by atoms with Crippen molar-refractivity contribution in [2.45, 2.75) is 20.0 Å². The number of hydrogen-bond acceptors (Lipinski definition) is 4. The van der Waals surface area contributed by atoms with Crippen LogP contribution in [0.5, 0.6) is 5.75 Å². The lowest BCUT2D eigenvalue weighted by Crippen LogP contribution is -2.51. The molecule has 0 saturated heterocycles. The minimum atomic E-state index is -0.888. The fourth-order valence-corrected chi connectivity index (χ4v) is 3.39. The Kier molecular flexibility index (Phi) is 5.99. The van der Waals surface area contributed by atoms with Gasteiger partial charge < -0.3 is 20.3 Å². The van der Waals surface area contributed by atoms with Gasteiger partial charge in [-0.3, -0.25) is 14.4 Å². The first-order chi connectivity index (χ1) is 13.3. The van der Waals surface area contributed by atoms with Gasteiger partial charge in [-0.25, -0.2) is 0 Å². The topological polar surface area (TPSA) is 87.7 Å². The summed E-state index contributed by atoms with van der Waals surface area (Å²) in [4.78, 5) is 38.1. The third kappa shape index (κ3) is 4.51. The van der Waals surface area contributed by atoms with Gasteiger partial charge in [-0.05, 0) is 42.8 Å². The summed E-state index contributed by atoms with van der Waals surface area (Å²) >= 11 is 3.37. The van der Waals surface area contributed by atoms with Gasteiger partial charge in [0, 0.05) is 17.1 Å². The number of benzene rings is 2. The fraction of sp³-hybridized carbons (Fsp3) is 0.250. The monoisotopic (exact) mass is 445 g/mol. The summed E-state index contributed by atoms with van der Waals surface area (Å²) < 4.78 is 6.63. The molecule has 7 nitrogen and oxygen atoms in total. The lowest BCUT2D eigenvalue weighted by atomic mass is 10.1. The van der Waals surface area contributed by atoms with E-state index in [0.717, 1.165) is 10.0 Å². The molecule has 0 radical (unpaired) electrons. The number of carbonyl (C=O) groups is 3. The fourth-order valence-electron chi connectivity index (χ4n) is 2.91. The van der Waals surface area contributed by atoms with Crippen LogP contribution in [0.25, 0.3) is 0 Å². The first kappa shape index (κ1) is 19.9. The number of fused-ring (bicyclic) bond motifs is 1. The van der Waals surface area contributed by atoms with Crippen molar-refractivity contribution in [1.29, 1.82) is 0 Å². The second kappa shape index (κ2) is 8.43. The summed E-state index contributed by atoms with van der Waals surface area (Å²) in [6.45, 7) is 3.20. The van der Waals surface area contributed by atoms with E-state index in [1.54, 1.807) is 30.3 Å². The molecule has 0 spiro atoms. The molecule has 1 aliphatic heterocycles. The van der Waals surface area contributed by atoms with E-state index in [1.807, 2.05) is 19.1 Å². The number of aryl methyl sites for hydroxylation is 1. The highest BCUT2D eigenvalue weighted by Crippen LogP contribution is 2.33. The molecular formula is C20H20BrN3O4. The van der Waals surface area contributed by atoms with Crippen LogP contribution in [0, 0.1) is 6.92 Å². The molecular weight excluding hydrogens is 426 g/mol. The Morgan fingerprint density at radius 1 is 1.21 bits per heavy atom. The maximum atomic E-state index is 12.5. The van der Waals surface area contributed by atoms with Crippen LogP contribution in [0.4, 0.5) is 11.4 Å². The van der Waals surface area contributed by atoms with Gasteiger partial charge in [-0.15, -0.1) is 0 Å². The first-order valence-electron chi connectivity index (χ1n) is 8.72. The molecule has 8 heteroatoms. The Morgan fingerprint density at radius 3 is 2.68 bits per heavy atom. The predicted molar refractivity (Wildman–Crippen MR) is 109 cm³/mol. The van der Waals surface area contributed by atoms with E-state index in [4.69, 9.17) is 4.74 Å². The molecule has 0 bridgehead atoms. The number of hydrogen-bond donors (Lipinski definition) is 2. The standard InChI is InChI=1S/C20H20BrN3O4/c1-12-9-14(21)7-8-15(12)23-19(26)10-22-20(27)18-11-24(13(2)25)16-5-3-4-6-17(16)28-18/h3-9,18H,10-11H2,1-2H3,(H,22,27)(H,23,26)/t18-/m0/s1. The van der Waals surface area contributed by atoms with Crippen LogP contribution in [-0.4, -0.2) is 36.9 Å². The molecule has 0 aromatic heterocycles. The Bertz CT molecular complexity index is 931. The van der Waals surface area contributed by atoms with Gasteiger partial charge in [0.15, 0.2) is 6.10 Å². The van der Waals surface area contributed by atoms with Crippen LogP contribution in [0.3, 0.4) is 0 Å². The van der Waals surface area contributed by atoms with Crippen LogP contribution in [0.15, 0.2) is 46.9 Å². The summed E-state index contributed by atoms with van der Waals surface area (Å²) in [5.41, 5.74) is 2.20. The maximum Gasteiger partial charge on any atom is 0.263 e. The van der Waals surface area contributed by atoms with E-state index in [2.05, 4.69) is 26.6 Å². The molecule has 1 atom stereocenters. The summed E-state index contributed by atoms with van der Waals surface area (Å²) in [7, 11) is 0. The molecule has 3 amide bonds. The highest BCUT2D eigenvalue weighted by molar-refractivity contribution is 9.10. The summed E-state index contributed by atoms with van der Waals surface area (Å²) in [6.07, 6.45) is -0.888. The van der Waals surface area contributed by atoms with Gasteiger partial charge in [-0.1, -0.05) is 28.1 Å². The van der Waals surface area contributed by atoms with Crippen LogP contribution in [0.1, 0.15) is 12.5 Å². The third-order valence-electron chi connectivity index (χ3n) is 4.33. The molecule has 0 unspecified atom stereocenters. The number of nitrogens with one attached hydrogen (secondary N) is 2. The van der Waals surface area contributed by atoms with Crippen molar-refractivity contribution in [3.8, 4) is 5.75 Å². The molecule has 3 rings (SSSR count). The van der Waals surface area contributed by atoms with Crippen LogP contribution < -0.4 is 20.3 Å². The van der Waals surface area contributed by atoms with Gasteiger partial charge in [0.25, 0.3) is 5.91 Å². The molecule has 1 aliphatic rings. The molecule has 28 heavy (non-hydrogen) atoms. The lowest BCUT2D eigenvalue weighted by Gasteiger charge is -2.33. The largest absolute Gasteiger partial charge is 0.477 e. The highest BCUT2D eigenvalue weighted by atomic mass is 79.9.